The molecule has 0 aliphatic heterocycles. The van der Waals surface area contributed by atoms with Crippen molar-refractivity contribution in [3.05, 3.63) is 53.1 Å². The number of hydrogen-bond donors (Lipinski definition) is 1. The first kappa shape index (κ1) is 14.4. The Bertz CT molecular complexity index is 846. The van der Waals surface area contributed by atoms with Gasteiger partial charge in [-0.25, -0.2) is 0 Å². The minimum absolute atomic E-state index is 0.689. The van der Waals surface area contributed by atoms with E-state index in [0.717, 1.165) is 46.2 Å². The van der Waals surface area contributed by atoms with Gasteiger partial charge in [-0.3, -0.25) is 4.79 Å². The first-order chi connectivity index (χ1) is 10.7. The van der Waals surface area contributed by atoms with Crippen molar-refractivity contribution in [2.45, 2.75) is 20.3 Å². The predicted octanol–water partition coefficient (Wildman–Crippen LogP) is 4.53. The molecule has 0 saturated heterocycles. The van der Waals surface area contributed by atoms with Crippen molar-refractivity contribution in [1.29, 1.82) is 0 Å². The average molecular weight is 293 g/mol. The Labute approximate surface area is 129 Å². The minimum Gasteiger partial charge on any atom is -0.496 e. The van der Waals surface area contributed by atoms with E-state index in [1.54, 1.807) is 7.11 Å². The summed E-state index contributed by atoms with van der Waals surface area (Å²) in [6.07, 6.45) is 1.87. The summed E-state index contributed by atoms with van der Waals surface area (Å²) in [4.78, 5) is 15.1. The molecule has 0 aliphatic rings. The summed E-state index contributed by atoms with van der Waals surface area (Å²) >= 11 is 0. The summed E-state index contributed by atoms with van der Waals surface area (Å²) in [5.74, 6) is 0.760. The summed E-state index contributed by atoms with van der Waals surface area (Å²) in [7, 11) is 1.65. The molecule has 2 aromatic carbocycles. The molecule has 0 bridgehead atoms. The number of carbonyl (C=O) groups excluding carboxylic acids is 1. The Morgan fingerprint density at radius 3 is 2.68 bits per heavy atom. The summed E-state index contributed by atoms with van der Waals surface area (Å²) in [5, 5.41) is 0.966. The van der Waals surface area contributed by atoms with Crippen molar-refractivity contribution in [2.75, 3.05) is 7.11 Å². The van der Waals surface area contributed by atoms with Crippen LogP contribution in [0.4, 0.5) is 0 Å². The molecule has 0 amide bonds. The second-order valence-corrected chi connectivity index (χ2v) is 5.47. The van der Waals surface area contributed by atoms with E-state index in [4.69, 9.17) is 4.74 Å². The third kappa shape index (κ3) is 2.29. The highest BCUT2D eigenvalue weighted by molar-refractivity contribution is 6.05. The summed E-state index contributed by atoms with van der Waals surface area (Å²) < 4.78 is 5.46. The zero-order chi connectivity index (χ0) is 15.7. The van der Waals surface area contributed by atoms with E-state index in [1.165, 1.54) is 5.56 Å². The zero-order valence-electron chi connectivity index (χ0n) is 13.1. The van der Waals surface area contributed by atoms with Crippen LogP contribution in [0.25, 0.3) is 22.2 Å². The van der Waals surface area contributed by atoms with E-state index in [1.807, 2.05) is 31.2 Å². The maximum Gasteiger partial charge on any atom is 0.152 e. The van der Waals surface area contributed by atoms with Crippen LogP contribution < -0.4 is 4.74 Å². The highest BCUT2D eigenvalue weighted by Gasteiger charge is 2.16. The Morgan fingerprint density at radius 1 is 1.18 bits per heavy atom. The van der Waals surface area contributed by atoms with E-state index in [9.17, 15) is 4.79 Å². The molecule has 1 N–H and O–H groups in total. The number of rotatable bonds is 4. The Hall–Kier alpha value is -2.55. The van der Waals surface area contributed by atoms with Gasteiger partial charge in [-0.2, -0.15) is 0 Å². The fourth-order valence-electron chi connectivity index (χ4n) is 2.83. The lowest BCUT2D eigenvalue weighted by Gasteiger charge is -2.09. The number of aldehydes is 1. The molecule has 0 unspecified atom stereocenters. The number of aromatic amines is 1. The quantitative estimate of drug-likeness (QED) is 0.718. The third-order valence-electron chi connectivity index (χ3n) is 4.05. The molecule has 1 aromatic heterocycles. The number of ether oxygens (including phenoxy) is 1. The topological polar surface area (TPSA) is 42.1 Å². The summed E-state index contributed by atoms with van der Waals surface area (Å²) in [6.45, 7) is 4.14. The fourth-order valence-corrected chi connectivity index (χ4v) is 2.83. The maximum absolute atomic E-state index is 11.7. The van der Waals surface area contributed by atoms with Crippen LogP contribution in [0.2, 0.25) is 0 Å². The predicted molar refractivity (Wildman–Crippen MR) is 89.8 cm³/mol. The van der Waals surface area contributed by atoms with Gasteiger partial charge in [-0.1, -0.05) is 24.6 Å². The lowest BCUT2D eigenvalue weighted by atomic mass is 10.0. The van der Waals surface area contributed by atoms with Gasteiger partial charge in [0.2, 0.25) is 0 Å². The number of aromatic nitrogens is 1. The van der Waals surface area contributed by atoms with Gasteiger partial charge in [0.25, 0.3) is 0 Å². The van der Waals surface area contributed by atoms with E-state index >= 15 is 0 Å². The van der Waals surface area contributed by atoms with Crippen molar-refractivity contribution in [3.8, 4) is 17.0 Å². The van der Waals surface area contributed by atoms with Crippen LogP contribution in [-0.2, 0) is 6.42 Å². The van der Waals surface area contributed by atoms with E-state index in [0.29, 0.717) is 5.56 Å². The Morgan fingerprint density at radius 2 is 2.00 bits per heavy atom. The van der Waals surface area contributed by atoms with Gasteiger partial charge in [0.05, 0.1) is 12.8 Å². The first-order valence-corrected chi connectivity index (χ1v) is 7.42. The molecule has 3 heteroatoms. The molecule has 0 spiro atoms. The van der Waals surface area contributed by atoms with Crippen molar-refractivity contribution in [1.82, 2.24) is 4.98 Å². The number of methoxy groups -OCH3 is 1. The first-order valence-electron chi connectivity index (χ1n) is 7.42. The number of fused-ring (bicyclic) bond motifs is 1. The molecule has 3 aromatic rings. The second kappa shape index (κ2) is 5.68. The summed E-state index contributed by atoms with van der Waals surface area (Å²) in [5.41, 5.74) is 5.74. The van der Waals surface area contributed by atoms with Crippen LogP contribution in [-0.4, -0.2) is 18.4 Å². The van der Waals surface area contributed by atoms with Crippen molar-refractivity contribution < 1.29 is 9.53 Å². The molecular formula is C19H19NO2. The highest BCUT2D eigenvalue weighted by Crippen LogP contribution is 2.35. The normalized spacial score (nSPS) is 10.9. The number of aryl methyl sites for hydroxylation is 2. The molecule has 22 heavy (non-hydrogen) atoms. The smallest absolute Gasteiger partial charge is 0.152 e. The molecule has 0 atom stereocenters. The fraction of sp³-hybridized carbons (Fsp3) is 0.211. The van der Waals surface area contributed by atoms with Crippen LogP contribution in [0.5, 0.6) is 5.75 Å². The standard InChI is InChI=1S/C19H19NO2/c1-4-13-6-7-17-14(10-13)16(11-21)19(20-17)15-9-12(2)5-8-18(15)22-3/h5-11,20H,4H2,1-3H3. The van der Waals surface area contributed by atoms with Gasteiger partial charge in [0.1, 0.15) is 5.75 Å². The van der Waals surface area contributed by atoms with Crippen LogP contribution in [0.3, 0.4) is 0 Å². The minimum atomic E-state index is 0.689. The van der Waals surface area contributed by atoms with Gasteiger partial charge < -0.3 is 9.72 Å². The Balaban J connectivity index is 2.31. The number of carbonyl (C=O) groups is 1. The number of H-pyrrole nitrogens is 1. The van der Waals surface area contributed by atoms with Crippen molar-refractivity contribution in [3.63, 3.8) is 0 Å². The molecule has 0 saturated carbocycles. The number of hydrogen-bond acceptors (Lipinski definition) is 2. The summed E-state index contributed by atoms with van der Waals surface area (Å²) in [6, 6.07) is 12.2. The molecule has 0 fully saturated rings. The molecular weight excluding hydrogens is 274 g/mol. The van der Waals surface area contributed by atoms with Crippen LogP contribution in [0.15, 0.2) is 36.4 Å². The highest BCUT2D eigenvalue weighted by atomic mass is 16.5. The molecule has 0 aliphatic carbocycles. The molecule has 1 heterocycles. The molecule has 112 valence electrons. The Kier molecular flexibility index (Phi) is 3.72. The SMILES string of the molecule is CCc1ccc2[nH]c(-c3cc(C)ccc3OC)c(C=O)c2c1. The largest absolute Gasteiger partial charge is 0.496 e. The third-order valence-corrected chi connectivity index (χ3v) is 4.05. The van der Waals surface area contributed by atoms with Crippen molar-refractivity contribution in [2.24, 2.45) is 0 Å². The van der Waals surface area contributed by atoms with E-state index in [2.05, 4.69) is 24.0 Å². The van der Waals surface area contributed by atoms with Gasteiger partial charge >= 0.3 is 0 Å². The molecule has 0 radical (unpaired) electrons. The second-order valence-electron chi connectivity index (χ2n) is 5.47. The molecule has 3 nitrogen and oxygen atoms in total. The monoisotopic (exact) mass is 293 g/mol. The van der Waals surface area contributed by atoms with Crippen LogP contribution in [0.1, 0.15) is 28.4 Å². The van der Waals surface area contributed by atoms with Gasteiger partial charge in [0, 0.05) is 22.0 Å². The van der Waals surface area contributed by atoms with Gasteiger partial charge in [0.15, 0.2) is 6.29 Å². The zero-order valence-corrected chi connectivity index (χ0v) is 13.1. The maximum atomic E-state index is 11.7. The average Bonchev–Trinajstić information content (AvgIpc) is 2.92. The lowest BCUT2D eigenvalue weighted by Crippen LogP contribution is -1.91. The van der Waals surface area contributed by atoms with Gasteiger partial charge in [-0.05, 0) is 43.2 Å². The lowest BCUT2D eigenvalue weighted by molar-refractivity contribution is 0.112. The van der Waals surface area contributed by atoms with Crippen LogP contribution in [0, 0.1) is 6.92 Å². The number of benzene rings is 2. The molecule has 3 rings (SSSR count). The van der Waals surface area contributed by atoms with Crippen LogP contribution >= 0.6 is 0 Å². The van der Waals surface area contributed by atoms with E-state index in [-0.39, 0.29) is 0 Å². The van der Waals surface area contributed by atoms with E-state index < -0.39 is 0 Å². The van der Waals surface area contributed by atoms with Crippen molar-refractivity contribution >= 4 is 17.2 Å². The van der Waals surface area contributed by atoms with Gasteiger partial charge in [-0.15, -0.1) is 0 Å². The number of nitrogens with one attached hydrogen (secondary N) is 1.